The third-order valence-corrected chi connectivity index (χ3v) is 6.08. The van der Waals surface area contributed by atoms with E-state index in [1.807, 2.05) is 0 Å². The first kappa shape index (κ1) is 16.8. The highest BCUT2D eigenvalue weighted by molar-refractivity contribution is 5.93. The number of rotatable bonds is 4. The molecule has 1 aliphatic heterocycles. The number of hydrogen-bond acceptors (Lipinski definition) is 3. The summed E-state index contributed by atoms with van der Waals surface area (Å²) < 4.78 is 5.38. The molecule has 0 radical (unpaired) electrons. The molecular weight excluding hydrogens is 288 g/mol. The molecular formula is C20H30O3. The summed E-state index contributed by atoms with van der Waals surface area (Å²) in [6.07, 6.45) is 5.93. The Morgan fingerprint density at radius 2 is 2.13 bits per heavy atom. The predicted octanol–water partition coefficient (Wildman–Crippen LogP) is 3.88. The summed E-state index contributed by atoms with van der Waals surface area (Å²) >= 11 is 0. The highest BCUT2D eigenvalue weighted by Gasteiger charge is 2.52. The number of carbonyl (C=O) groups excluding carboxylic acids is 1. The lowest BCUT2D eigenvalue weighted by molar-refractivity contribution is -0.136. The summed E-state index contributed by atoms with van der Waals surface area (Å²) in [4.78, 5) is 12.2. The molecule has 0 unspecified atom stereocenters. The Kier molecular flexibility index (Phi) is 4.68. The third kappa shape index (κ3) is 3.26. The fourth-order valence-corrected chi connectivity index (χ4v) is 4.74. The van der Waals surface area contributed by atoms with E-state index in [1.165, 1.54) is 5.57 Å². The number of ether oxygens (including phenoxy) is 1. The maximum atomic E-state index is 12.2. The minimum Gasteiger partial charge on any atom is -0.458 e. The van der Waals surface area contributed by atoms with Crippen LogP contribution in [0.1, 0.15) is 53.4 Å². The summed E-state index contributed by atoms with van der Waals surface area (Å²) in [5, 5.41) is 10.9. The molecule has 0 aromatic heterocycles. The largest absolute Gasteiger partial charge is 0.458 e. The van der Waals surface area contributed by atoms with Crippen LogP contribution in [0, 0.1) is 29.6 Å². The van der Waals surface area contributed by atoms with Crippen molar-refractivity contribution in [2.75, 3.05) is 6.61 Å². The highest BCUT2D eigenvalue weighted by Crippen LogP contribution is 2.55. The van der Waals surface area contributed by atoms with Crippen molar-refractivity contribution in [1.29, 1.82) is 0 Å². The topological polar surface area (TPSA) is 46.5 Å². The minimum atomic E-state index is -0.354. The van der Waals surface area contributed by atoms with Crippen LogP contribution in [0.5, 0.6) is 0 Å². The van der Waals surface area contributed by atoms with Gasteiger partial charge in [-0.2, -0.15) is 0 Å². The Morgan fingerprint density at radius 1 is 1.39 bits per heavy atom. The van der Waals surface area contributed by atoms with Gasteiger partial charge >= 0.3 is 5.97 Å². The van der Waals surface area contributed by atoms with Crippen molar-refractivity contribution in [3.8, 4) is 0 Å². The zero-order valence-corrected chi connectivity index (χ0v) is 14.8. The van der Waals surface area contributed by atoms with Gasteiger partial charge in [-0.05, 0) is 68.8 Å². The standard InChI is InChI=1S/C20H30O3/c1-11(2)6-5-7-12(3)18-16-10-23-20(22)19(16)15-9-14(15)13(4)8-17(18)21/h6,12-15,17-18,21H,5,7-10H2,1-4H3/t12-,13-,14+,15+,17-,18+/m1/s1. The van der Waals surface area contributed by atoms with Gasteiger partial charge in [-0.25, -0.2) is 4.79 Å². The van der Waals surface area contributed by atoms with Crippen LogP contribution in [0.2, 0.25) is 0 Å². The molecule has 0 spiro atoms. The average Bonchev–Trinajstić information content (AvgIpc) is 3.15. The van der Waals surface area contributed by atoms with Crippen LogP contribution in [-0.2, 0) is 9.53 Å². The van der Waals surface area contributed by atoms with Crippen molar-refractivity contribution < 1.29 is 14.6 Å². The van der Waals surface area contributed by atoms with Gasteiger partial charge in [-0.15, -0.1) is 0 Å². The van der Waals surface area contributed by atoms with Crippen LogP contribution >= 0.6 is 0 Å². The number of carbonyl (C=O) groups is 1. The van der Waals surface area contributed by atoms with Crippen molar-refractivity contribution >= 4 is 5.97 Å². The third-order valence-electron chi connectivity index (χ3n) is 6.08. The smallest absolute Gasteiger partial charge is 0.334 e. The Bertz CT molecular complexity index is 541. The lowest BCUT2D eigenvalue weighted by Gasteiger charge is -2.33. The van der Waals surface area contributed by atoms with Crippen molar-refractivity contribution in [3.63, 3.8) is 0 Å². The van der Waals surface area contributed by atoms with Gasteiger partial charge in [0.2, 0.25) is 0 Å². The number of cyclic esters (lactones) is 1. The maximum Gasteiger partial charge on any atom is 0.334 e. The molecule has 1 fully saturated rings. The quantitative estimate of drug-likeness (QED) is 0.632. The summed E-state index contributed by atoms with van der Waals surface area (Å²) in [7, 11) is 0. The first-order valence-electron chi connectivity index (χ1n) is 9.11. The van der Waals surface area contributed by atoms with E-state index < -0.39 is 0 Å². The lowest BCUT2D eigenvalue weighted by Crippen LogP contribution is -2.33. The van der Waals surface area contributed by atoms with Gasteiger partial charge in [0.15, 0.2) is 0 Å². The number of aliphatic hydroxyl groups excluding tert-OH is 1. The second kappa shape index (κ2) is 6.43. The molecule has 23 heavy (non-hydrogen) atoms. The number of hydrogen-bond donors (Lipinski definition) is 1. The van der Waals surface area contributed by atoms with Crippen LogP contribution in [-0.4, -0.2) is 23.8 Å². The number of aliphatic hydroxyl groups is 1. The molecule has 0 bridgehead atoms. The maximum absolute atomic E-state index is 12.2. The van der Waals surface area contributed by atoms with Gasteiger partial charge in [-0.3, -0.25) is 0 Å². The molecule has 2 aliphatic carbocycles. The van der Waals surface area contributed by atoms with Crippen molar-refractivity contribution in [1.82, 2.24) is 0 Å². The second-order valence-electron chi connectivity index (χ2n) is 8.16. The van der Waals surface area contributed by atoms with Crippen molar-refractivity contribution in [2.24, 2.45) is 29.6 Å². The molecule has 0 aromatic rings. The van der Waals surface area contributed by atoms with Crippen LogP contribution < -0.4 is 0 Å². The Labute approximate surface area is 139 Å². The van der Waals surface area contributed by atoms with Crippen LogP contribution in [0.25, 0.3) is 0 Å². The molecule has 3 rings (SSSR count). The summed E-state index contributed by atoms with van der Waals surface area (Å²) in [5.41, 5.74) is 3.38. The SMILES string of the molecule is CC(C)=CCC[C@@H](C)[C@H]1C2=C(C(=O)OC2)[C@H]2C[C@H]2[C@H](C)C[C@H]1O. The van der Waals surface area contributed by atoms with E-state index in [0.717, 1.165) is 36.8 Å². The van der Waals surface area contributed by atoms with E-state index in [-0.39, 0.29) is 18.0 Å². The first-order valence-corrected chi connectivity index (χ1v) is 9.11. The lowest BCUT2D eigenvalue weighted by atomic mass is 9.74. The second-order valence-corrected chi connectivity index (χ2v) is 8.16. The predicted molar refractivity (Wildman–Crippen MR) is 90.7 cm³/mol. The molecule has 3 heteroatoms. The first-order chi connectivity index (χ1) is 10.9. The molecule has 1 heterocycles. The van der Waals surface area contributed by atoms with E-state index in [9.17, 15) is 9.90 Å². The molecule has 3 nitrogen and oxygen atoms in total. The van der Waals surface area contributed by atoms with Crippen molar-refractivity contribution in [2.45, 2.75) is 59.5 Å². The molecule has 1 N–H and O–H groups in total. The zero-order valence-electron chi connectivity index (χ0n) is 14.8. The van der Waals surface area contributed by atoms with E-state index in [1.54, 1.807) is 0 Å². The normalized spacial score (nSPS) is 37.3. The monoisotopic (exact) mass is 318 g/mol. The number of allylic oxidation sites excluding steroid dienone is 2. The summed E-state index contributed by atoms with van der Waals surface area (Å²) in [6, 6.07) is 0. The molecule has 6 atom stereocenters. The number of fused-ring (bicyclic) bond motifs is 2. The number of esters is 1. The minimum absolute atomic E-state index is 0.0750. The molecule has 128 valence electrons. The van der Waals surface area contributed by atoms with Gasteiger partial charge in [0.05, 0.1) is 6.10 Å². The van der Waals surface area contributed by atoms with Crippen LogP contribution in [0.4, 0.5) is 0 Å². The molecule has 1 saturated carbocycles. The summed E-state index contributed by atoms with van der Waals surface area (Å²) in [5.74, 6) is 1.78. The fourth-order valence-electron chi connectivity index (χ4n) is 4.74. The fraction of sp³-hybridized carbons (Fsp3) is 0.750. The van der Waals surface area contributed by atoms with Gasteiger partial charge in [0.1, 0.15) is 6.61 Å². The summed E-state index contributed by atoms with van der Waals surface area (Å²) in [6.45, 7) is 9.09. The van der Waals surface area contributed by atoms with Gasteiger partial charge < -0.3 is 9.84 Å². The molecule has 3 aliphatic rings. The van der Waals surface area contributed by atoms with Crippen LogP contribution in [0.3, 0.4) is 0 Å². The van der Waals surface area contributed by atoms with Crippen molar-refractivity contribution in [3.05, 3.63) is 22.8 Å². The van der Waals surface area contributed by atoms with E-state index in [0.29, 0.717) is 30.3 Å². The zero-order chi connectivity index (χ0) is 16.7. The Morgan fingerprint density at radius 3 is 2.83 bits per heavy atom. The van der Waals surface area contributed by atoms with E-state index in [4.69, 9.17) is 4.74 Å². The molecule has 0 saturated heterocycles. The molecule has 0 amide bonds. The highest BCUT2D eigenvalue weighted by atomic mass is 16.5. The van der Waals surface area contributed by atoms with Gasteiger partial charge in [0, 0.05) is 11.5 Å². The molecule has 0 aromatic carbocycles. The van der Waals surface area contributed by atoms with Crippen LogP contribution in [0.15, 0.2) is 22.8 Å². The average molecular weight is 318 g/mol. The van der Waals surface area contributed by atoms with Gasteiger partial charge in [-0.1, -0.05) is 25.5 Å². The Hall–Kier alpha value is -1.09. The van der Waals surface area contributed by atoms with Gasteiger partial charge in [0.25, 0.3) is 0 Å². The van der Waals surface area contributed by atoms with E-state index in [2.05, 4.69) is 33.8 Å². The van der Waals surface area contributed by atoms with E-state index >= 15 is 0 Å². The Balaban J connectivity index is 1.85.